The van der Waals surface area contributed by atoms with Gasteiger partial charge >= 0.3 is 0 Å². The van der Waals surface area contributed by atoms with Crippen molar-refractivity contribution < 1.29 is 9.21 Å². The van der Waals surface area contributed by atoms with Gasteiger partial charge in [-0.1, -0.05) is 29.8 Å². The molecule has 1 heterocycles. The molecule has 0 aliphatic heterocycles. The summed E-state index contributed by atoms with van der Waals surface area (Å²) in [5.41, 5.74) is 7.76. The summed E-state index contributed by atoms with van der Waals surface area (Å²) < 4.78 is 5.76. The summed E-state index contributed by atoms with van der Waals surface area (Å²) in [6.07, 6.45) is 4.85. The Morgan fingerprint density at radius 2 is 2.08 bits per heavy atom. The van der Waals surface area contributed by atoms with Gasteiger partial charge in [-0.05, 0) is 32.6 Å². The number of nitrogens with two attached hydrogens (primary N) is 1. The van der Waals surface area contributed by atoms with E-state index >= 15 is 0 Å². The van der Waals surface area contributed by atoms with E-state index in [2.05, 4.69) is 10.3 Å². The van der Waals surface area contributed by atoms with Gasteiger partial charge in [-0.3, -0.25) is 4.79 Å². The van der Waals surface area contributed by atoms with Gasteiger partial charge in [-0.25, -0.2) is 4.98 Å². The van der Waals surface area contributed by atoms with Crippen molar-refractivity contribution in [1.82, 2.24) is 10.3 Å². The number of oxazole rings is 1. The molecule has 1 aliphatic carbocycles. The zero-order valence-electron chi connectivity index (χ0n) is 14.3. The van der Waals surface area contributed by atoms with Crippen molar-refractivity contribution in [3.8, 4) is 11.3 Å². The highest BCUT2D eigenvalue weighted by atomic mass is 16.4. The van der Waals surface area contributed by atoms with E-state index < -0.39 is 0 Å². The Hall–Kier alpha value is -2.14. The zero-order valence-corrected chi connectivity index (χ0v) is 14.3. The van der Waals surface area contributed by atoms with Crippen LogP contribution in [-0.2, 0) is 11.2 Å². The summed E-state index contributed by atoms with van der Waals surface area (Å²) in [4.78, 5) is 16.5. The average molecular weight is 327 g/mol. The maximum absolute atomic E-state index is 12.2. The van der Waals surface area contributed by atoms with Crippen LogP contribution in [0.4, 0.5) is 0 Å². The third-order valence-electron chi connectivity index (χ3n) is 4.78. The van der Waals surface area contributed by atoms with Crippen LogP contribution in [0.25, 0.3) is 11.3 Å². The molecule has 5 nitrogen and oxygen atoms in total. The first-order chi connectivity index (χ1) is 11.5. The molecular formula is C19H25N3O2. The van der Waals surface area contributed by atoms with Crippen molar-refractivity contribution in [2.45, 2.75) is 45.1 Å². The normalized spacial score (nSPS) is 16.6. The molecule has 1 aliphatic rings. The molecule has 24 heavy (non-hydrogen) atoms. The number of benzene rings is 1. The lowest BCUT2D eigenvalue weighted by molar-refractivity contribution is -0.123. The van der Waals surface area contributed by atoms with Crippen molar-refractivity contribution in [1.29, 1.82) is 0 Å². The molecule has 128 valence electrons. The van der Waals surface area contributed by atoms with Crippen LogP contribution < -0.4 is 11.1 Å². The number of hydrogen-bond acceptors (Lipinski definition) is 4. The van der Waals surface area contributed by atoms with Gasteiger partial charge in [0.05, 0.1) is 11.7 Å². The molecule has 3 N–H and O–H groups in total. The van der Waals surface area contributed by atoms with E-state index in [4.69, 9.17) is 10.2 Å². The number of nitrogens with zero attached hydrogens (tertiary/aromatic N) is 1. The van der Waals surface area contributed by atoms with Gasteiger partial charge in [0.2, 0.25) is 5.91 Å². The molecule has 1 aromatic carbocycles. The zero-order chi connectivity index (χ0) is 17.2. The SMILES string of the molecule is Cc1ccc(-c2cnc(CCC(=O)NC(C)(CN)C3CC3)o2)cc1. The summed E-state index contributed by atoms with van der Waals surface area (Å²) >= 11 is 0. The van der Waals surface area contributed by atoms with Crippen LogP contribution in [0.2, 0.25) is 0 Å². The predicted octanol–water partition coefficient (Wildman–Crippen LogP) is 2.83. The number of hydrogen-bond donors (Lipinski definition) is 2. The lowest BCUT2D eigenvalue weighted by Crippen LogP contribution is -2.53. The Bertz CT molecular complexity index is 704. The van der Waals surface area contributed by atoms with Gasteiger partial charge in [0.15, 0.2) is 11.7 Å². The Balaban J connectivity index is 1.55. The summed E-state index contributed by atoms with van der Waals surface area (Å²) in [5.74, 6) is 1.84. The number of amides is 1. The van der Waals surface area contributed by atoms with Crippen molar-refractivity contribution in [2.24, 2.45) is 11.7 Å². The molecule has 0 radical (unpaired) electrons. The third-order valence-corrected chi connectivity index (χ3v) is 4.78. The fourth-order valence-corrected chi connectivity index (χ4v) is 2.92. The van der Waals surface area contributed by atoms with Crippen LogP contribution in [-0.4, -0.2) is 23.0 Å². The molecule has 3 rings (SSSR count). The molecule has 0 bridgehead atoms. The van der Waals surface area contributed by atoms with Crippen molar-refractivity contribution in [3.05, 3.63) is 41.9 Å². The van der Waals surface area contributed by atoms with E-state index in [9.17, 15) is 4.79 Å². The second kappa shape index (κ2) is 6.77. The first-order valence-corrected chi connectivity index (χ1v) is 8.53. The van der Waals surface area contributed by atoms with Crippen LogP contribution in [0.3, 0.4) is 0 Å². The lowest BCUT2D eigenvalue weighted by atomic mass is 9.95. The van der Waals surface area contributed by atoms with Gasteiger partial charge < -0.3 is 15.5 Å². The summed E-state index contributed by atoms with van der Waals surface area (Å²) in [7, 11) is 0. The van der Waals surface area contributed by atoms with Gasteiger partial charge in [-0.15, -0.1) is 0 Å². The molecule has 1 unspecified atom stereocenters. The average Bonchev–Trinajstić information content (AvgIpc) is 3.33. The van der Waals surface area contributed by atoms with E-state index in [1.54, 1.807) is 6.20 Å². The number of carbonyl (C=O) groups is 1. The molecule has 1 aromatic heterocycles. The third kappa shape index (κ3) is 3.85. The molecule has 1 fully saturated rings. The van der Waals surface area contributed by atoms with Gasteiger partial charge in [0, 0.05) is 24.9 Å². The molecule has 1 amide bonds. The Labute approximate surface area is 142 Å². The lowest BCUT2D eigenvalue weighted by Gasteiger charge is -2.29. The highest BCUT2D eigenvalue weighted by Gasteiger charge is 2.41. The highest BCUT2D eigenvalue weighted by Crippen LogP contribution is 2.39. The van der Waals surface area contributed by atoms with Crippen molar-refractivity contribution in [2.75, 3.05) is 6.54 Å². The van der Waals surface area contributed by atoms with E-state index in [1.807, 2.05) is 38.1 Å². The quantitative estimate of drug-likeness (QED) is 0.819. The highest BCUT2D eigenvalue weighted by molar-refractivity contribution is 5.77. The second-order valence-electron chi connectivity index (χ2n) is 6.93. The van der Waals surface area contributed by atoms with Crippen LogP contribution in [0.1, 0.15) is 37.6 Å². The molecular weight excluding hydrogens is 302 g/mol. The number of nitrogens with one attached hydrogen (secondary N) is 1. The minimum absolute atomic E-state index is 0.00457. The van der Waals surface area contributed by atoms with Gasteiger partial charge in [0.25, 0.3) is 0 Å². The number of carbonyl (C=O) groups excluding carboxylic acids is 1. The first-order valence-electron chi connectivity index (χ1n) is 8.53. The van der Waals surface area contributed by atoms with Crippen molar-refractivity contribution in [3.63, 3.8) is 0 Å². The van der Waals surface area contributed by atoms with E-state index in [-0.39, 0.29) is 11.4 Å². The Kier molecular flexibility index (Phi) is 4.71. The van der Waals surface area contributed by atoms with Crippen LogP contribution in [0, 0.1) is 12.8 Å². The minimum Gasteiger partial charge on any atom is -0.441 e. The first kappa shape index (κ1) is 16.7. The number of aryl methyl sites for hydroxylation is 2. The topological polar surface area (TPSA) is 81.2 Å². The van der Waals surface area contributed by atoms with E-state index in [0.717, 1.165) is 24.2 Å². The molecule has 2 aromatic rings. The Morgan fingerprint density at radius 3 is 2.71 bits per heavy atom. The smallest absolute Gasteiger partial charge is 0.220 e. The predicted molar refractivity (Wildman–Crippen MR) is 93.3 cm³/mol. The van der Waals surface area contributed by atoms with Gasteiger partial charge in [-0.2, -0.15) is 0 Å². The maximum atomic E-state index is 12.2. The summed E-state index contributed by atoms with van der Waals surface area (Å²) in [5, 5.41) is 3.09. The van der Waals surface area contributed by atoms with Gasteiger partial charge in [0.1, 0.15) is 0 Å². The molecule has 0 saturated heterocycles. The van der Waals surface area contributed by atoms with Crippen molar-refractivity contribution >= 4 is 5.91 Å². The molecule has 1 saturated carbocycles. The standard InChI is InChI=1S/C19H25N3O2/c1-13-3-5-14(6-4-13)16-11-21-18(24-16)10-9-17(23)22-19(2,12-20)15-7-8-15/h3-6,11,15H,7-10,12,20H2,1-2H3,(H,22,23). The van der Waals surface area contributed by atoms with E-state index in [0.29, 0.717) is 31.2 Å². The monoisotopic (exact) mass is 327 g/mol. The Morgan fingerprint density at radius 1 is 1.38 bits per heavy atom. The van der Waals surface area contributed by atoms with Crippen LogP contribution in [0.15, 0.2) is 34.9 Å². The second-order valence-corrected chi connectivity index (χ2v) is 6.93. The minimum atomic E-state index is -0.277. The fourth-order valence-electron chi connectivity index (χ4n) is 2.92. The summed E-state index contributed by atoms with van der Waals surface area (Å²) in [6, 6.07) is 8.09. The van der Waals surface area contributed by atoms with Crippen LogP contribution >= 0.6 is 0 Å². The number of aromatic nitrogens is 1. The van der Waals surface area contributed by atoms with Crippen LogP contribution in [0.5, 0.6) is 0 Å². The summed E-state index contributed by atoms with van der Waals surface area (Å²) in [6.45, 7) is 4.55. The number of rotatable bonds is 7. The largest absolute Gasteiger partial charge is 0.441 e. The maximum Gasteiger partial charge on any atom is 0.220 e. The molecule has 5 heteroatoms. The molecule has 1 atom stereocenters. The van der Waals surface area contributed by atoms with E-state index in [1.165, 1.54) is 5.56 Å². The fraction of sp³-hybridized carbons (Fsp3) is 0.474. The molecule has 0 spiro atoms.